The van der Waals surface area contributed by atoms with Crippen LogP contribution in [0.2, 0.25) is 0 Å². The number of rotatable bonds is 4. The van der Waals surface area contributed by atoms with Crippen LogP contribution in [0.5, 0.6) is 0 Å². The Labute approximate surface area is 299 Å². The van der Waals surface area contributed by atoms with Gasteiger partial charge in [-0.3, -0.25) is 0 Å². The third-order valence-corrected chi connectivity index (χ3v) is 11.4. The first kappa shape index (κ1) is 29.5. The van der Waals surface area contributed by atoms with Crippen LogP contribution in [0.3, 0.4) is 0 Å². The van der Waals surface area contributed by atoms with Crippen molar-refractivity contribution >= 4 is 32.7 Å². The van der Waals surface area contributed by atoms with Crippen molar-refractivity contribution in [1.82, 2.24) is 0 Å². The molecule has 4 heteroatoms. The molecule has 52 heavy (non-hydrogen) atoms. The van der Waals surface area contributed by atoms with Gasteiger partial charge in [0.1, 0.15) is 22.7 Å². The summed E-state index contributed by atoms with van der Waals surface area (Å²) in [5.41, 5.74) is 11.6. The molecule has 4 atom stereocenters. The summed E-state index contributed by atoms with van der Waals surface area (Å²) < 4.78 is 14.0. The van der Waals surface area contributed by atoms with E-state index >= 15 is 0 Å². The molecule has 12 rings (SSSR count). The second kappa shape index (κ2) is 11.1. The minimum absolute atomic E-state index is 0.508. The van der Waals surface area contributed by atoms with E-state index in [1.807, 2.05) is 48.5 Å². The van der Waals surface area contributed by atoms with E-state index in [1.165, 1.54) is 0 Å². The zero-order valence-electron chi connectivity index (χ0n) is 28.0. The first-order valence-electron chi connectivity index (χ1n) is 17.9. The van der Waals surface area contributed by atoms with Crippen LogP contribution in [0.4, 0.5) is 0 Å². The average molecular weight is 673 g/mol. The average Bonchev–Trinajstić information content (AvgIpc) is 3.78. The molecule has 0 saturated carbocycles. The molecule has 4 nitrogen and oxygen atoms in total. The Kier molecular flexibility index (Phi) is 6.33. The zero-order valence-corrected chi connectivity index (χ0v) is 28.0. The van der Waals surface area contributed by atoms with Crippen molar-refractivity contribution < 1.29 is 19.0 Å². The molecule has 0 aliphatic heterocycles. The second-order valence-electron chi connectivity index (χ2n) is 14.0. The number of benzene rings is 7. The van der Waals surface area contributed by atoms with E-state index in [-0.39, 0.29) is 0 Å². The summed E-state index contributed by atoms with van der Waals surface area (Å²) in [4.78, 5) is 0. The molecule has 248 valence electrons. The lowest BCUT2D eigenvalue weighted by molar-refractivity contribution is -0.0151. The Hall–Kier alpha value is -6.20. The van der Waals surface area contributed by atoms with E-state index in [0.717, 1.165) is 99.9 Å². The monoisotopic (exact) mass is 672 g/mol. The van der Waals surface area contributed by atoms with Crippen LogP contribution in [0.1, 0.15) is 34.1 Å². The van der Waals surface area contributed by atoms with Crippen LogP contribution in [0.15, 0.2) is 167 Å². The lowest BCUT2D eigenvalue weighted by Crippen LogP contribution is -2.47. The van der Waals surface area contributed by atoms with Gasteiger partial charge in [0.15, 0.2) is 0 Å². The van der Waals surface area contributed by atoms with E-state index in [0.29, 0.717) is 0 Å². The lowest BCUT2D eigenvalue weighted by atomic mass is 9.58. The summed E-state index contributed by atoms with van der Waals surface area (Å²) in [6, 6.07) is 54.0. The fourth-order valence-electron chi connectivity index (χ4n) is 9.33. The normalized spacial score (nSPS) is 19.0. The fraction of sp³-hybridized carbons (Fsp3) is 0.0833. The number of hydrogen-bond donors (Lipinski definition) is 2. The van der Waals surface area contributed by atoms with Crippen molar-refractivity contribution in [2.24, 2.45) is 0 Å². The lowest BCUT2D eigenvalue weighted by Gasteiger charge is -2.48. The van der Waals surface area contributed by atoms with E-state index in [9.17, 15) is 10.2 Å². The summed E-state index contributed by atoms with van der Waals surface area (Å²) >= 11 is 0. The predicted molar refractivity (Wildman–Crippen MR) is 207 cm³/mol. The minimum atomic E-state index is -1.02. The molecule has 9 aromatic rings. The number of aliphatic hydroxyl groups excluding tert-OH is 2. The summed E-state index contributed by atoms with van der Waals surface area (Å²) in [6.07, 6.45) is -2.04. The third-order valence-electron chi connectivity index (χ3n) is 11.4. The van der Waals surface area contributed by atoms with Crippen LogP contribution >= 0.6 is 0 Å². The standard InChI is InChI=1S/C48H32O4/c49-45-39-29-19-7-8-20-30(29)40(46(45)50)44-42(48-38(28-17-5-2-6-18-28)34-24-12-14-26-36(34)52-48)32-22-10-9-21-31(32)41(43(39)44)47-37(27-15-3-1-4-16-27)33-23-11-13-25-35(33)51-47/h1-26,39-40,45-46,49-50H. The van der Waals surface area contributed by atoms with Crippen LogP contribution in [0, 0.1) is 0 Å². The molecule has 0 saturated heterocycles. The van der Waals surface area contributed by atoms with Gasteiger partial charge in [-0.05, 0) is 56.3 Å². The van der Waals surface area contributed by atoms with E-state index in [4.69, 9.17) is 8.83 Å². The molecule has 4 unspecified atom stereocenters. The van der Waals surface area contributed by atoms with Gasteiger partial charge in [-0.25, -0.2) is 0 Å². The highest BCUT2D eigenvalue weighted by Gasteiger charge is 2.52. The SMILES string of the molecule is OC1C2c3ccccc3C(c3c2c(-c2oc4ccccc4c2-c2ccccc2)c2ccccc2c3-c2oc3ccccc3c2-c2ccccc2)C1O. The Morgan fingerprint density at radius 2 is 0.692 bits per heavy atom. The minimum Gasteiger partial charge on any atom is -0.455 e. The van der Waals surface area contributed by atoms with Crippen LogP contribution in [-0.2, 0) is 0 Å². The van der Waals surface area contributed by atoms with Crippen molar-refractivity contribution in [3.63, 3.8) is 0 Å². The van der Waals surface area contributed by atoms with E-state index in [1.54, 1.807) is 0 Å². The van der Waals surface area contributed by atoms with E-state index in [2.05, 4.69) is 109 Å². The van der Waals surface area contributed by atoms with Gasteiger partial charge < -0.3 is 19.0 Å². The summed E-state index contributed by atoms with van der Waals surface area (Å²) in [7, 11) is 0. The molecule has 2 heterocycles. The highest BCUT2D eigenvalue weighted by Crippen LogP contribution is 2.62. The number of fused-ring (bicyclic) bond motifs is 4. The first-order chi connectivity index (χ1) is 25.7. The van der Waals surface area contributed by atoms with Crippen LogP contribution < -0.4 is 0 Å². The van der Waals surface area contributed by atoms with Crippen molar-refractivity contribution in [3.05, 3.63) is 180 Å². The molecule has 0 spiro atoms. The molecule has 2 N–H and O–H groups in total. The highest BCUT2D eigenvalue weighted by molar-refractivity contribution is 6.15. The Bertz CT molecular complexity index is 2650. The van der Waals surface area contributed by atoms with Gasteiger partial charge in [-0.1, -0.05) is 146 Å². The molecule has 2 aromatic heterocycles. The highest BCUT2D eigenvalue weighted by atomic mass is 16.3. The van der Waals surface area contributed by atoms with E-state index < -0.39 is 24.0 Å². The van der Waals surface area contributed by atoms with Crippen LogP contribution in [0.25, 0.3) is 77.6 Å². The zero-order chi connectivity index (χ0) is 34.5. The van der Waals surface area contributed by atoms with Crippen LogP contribution in [-0.4, -0.2) is 22.4 Å². The summed E-state index contributed by atoms with van der Waals surface area (Å²) in [6.45, 7) is 0. The molecular weight excluding hydrogens is 641 g/mol. The van der Waals surface area contributed by atoms with Crippen molar-refractivity contribution in [2.45, 2.75) is 24.0 Å². The van der Waals surface area contributed by atoms with Gasteiger partial charge in [0.25, 0.3) is 0 Å². The van der Waals surface area contributed by atoms with Crippen molar-refractivity contribution in [1.29, 1.82) is 0 Å². The predicted octanol–water partition coefficient (Wildman–Crippen LogP) is 11.3. The smallest absolute Gasteiger partial charge is 0.144 e. The van der Waals surface area contributed by atoms with Gasteiger partial charge in [-0.15, -0.1) is 0 Å². The van der Waals surface area contributed by atoms with Gasteiger partial charge in [0, 0.05) is 44.9 Å². The second-order valence-corrected chi connectivity index (χ2v) is 14.0. The maximum Gasteiger partial charge on any atom is 0.144 e. The first-order valence-corrected chi connectivity index (χ1v) is 17.9. The fourth-order valence-corrected chi connectivity index (χ4v) is 9.33. The van der Waals surface area contributed by atoms with Gasteiger partial charge >= 0.3 is 0 Å². The van der Waals surface area contributed by atoms with Gasteiger partial charge in [0.05, 0.1) is 12.2 Å². The third kappa shape index (κ3) is 3.99. The maximum absolute atomic E-state index is 12.1. The number of para-hydroxylation sites is 2. The number of hydrogen-bond acceptors (Lipinski definition) is 4. The number of furan rings is 2. The molecule has 0 radical (unpaired) electrons. The molecule has 0 amide bonds. The largest absolute Gasteiger partial charge is 0.455 e. The topological polar surface area (TPSA) is 66.7 Å². The summed E-state index contributed by atoms with van der Waals surface area (Å²) in [5.74, 6) is 0.494. The molecule has 3 aliphatic carbocycles. The van der Waals surface area contributed by atoms with Gasteiger partial charge in [-0.2, -0.15) is 0 Å². The summed E-state index contributed by atoms with van der Waals surface area (Å²) in [5, 5.41) is 28.3. The maximum atomic E-state index is 12.1. The molecular formula is C48H32O4. The Morgan fingerprint density at radius 1 is 0.346 bits per heavy atom. The van der Waals surface area contributed by atoms with Crippen molar-refractivity contribution in [3.8, 4) is 44.9 Å². The van der Waals surface area contributed by atoms with Crippen molar-refractivity contribution in [2.75, 3.05) is 0 Å². The Morgan fingerprint density at radius 3 is 1.12 bits per heavy atom. The molecule has 2 bridgehead atoms. The van der Waals surface area contributed by atoms with Gasteiger partial charge in [0.2, 0.25) is 0 Å². The quantitative estimate of drug-likeness (QED) is 0.195. The molecule has 0 fully saturated rings. The Balaban J connectivity index is 1.36. The molecule has 7 aromatic carbocycles. The number of aliphatic hydroxyl groups is 2. The molecule has 3 aliphatic rings.